The maximum Gasteiger partial charge on any atom is 0.289 e. The van der Waals surface area contributed by atoms with E-state index in [1.165, 1.54) is 11.8 Å². The van der Waals surface area contributed by atoms with Gasteiger partial charge in [-0.25, -0.2) is 5.43 Å². The van der Waals surface area contributed by atoms with E-state index in [4.69, 9.17) is 0 Å². The van der Waals surface area contributed by atoms with Crippen LogP contribution in [0.15, 0.2) is 53.6 Å². The third kappa shape index (κ3) is 2.78. The van der Waals surface area contributed by atoms with Crippen LogP contribution < -0.4 is 5.43 Å². The molecule has 6 heteroatoms. The smallest absolute Gasteiger partial charge is 0.289 e. The van der Waals surface area contributed by atoms with E-state index in [1.54, 1.807) is 24.3 Å². The van der Waals surface area contributed by atoms with Crippen molar-refractivity contribution in [3.05, 3.63) is 70.9 Å². The quantitative estimate of drug-likeness (QED) is 0.509. The van der Waals surface area contributed by atoms with E-state index in [0.29, 0.717) is 11.3 Å². The second-order valence-electron chi connectivity index (χ2n) is 5.84. The molecule has 0 saturated carbocycles. The molecule has 0 spiro atoms. The van der Waals surface area contributed by atoms with Crippen molar-refractivity contribution in [1.29, 1.82) is 0 Å². The number of hydrazone groups is 1. The average Bonchev–Trinajstić information content (AvgIpc) is 3.08. The van der Waals surface area contributed by atoms with Crippen LogP contribution in [0.25, 0.3) is 11.3 Å². The fourth-order valence-electron chi connectivity index (χ4n) is 3.06. The summed E-state index contributed by atoms with van der Waals surface area (Å²) < 4.78 is 0. The first kappa shape index (κ1) is 15.1. The standard InChI is InChI=1S/C19H16N4O2/c24-16-8-4-2-6-13(16)11-20-23-19(25)18-15-10-9-12-5-1-3-7-14(12)17(15)21-22-18/h1-8,11,24H,9-10H2,(H,21,22)(H,23,25)/b20-11+. The molecule has 124 valence electrons. The number of amides is 1. The van der Waals surface area contributed by atoms with Gasteiger partial charge in [-0.15, -0.1) is 0 Å². The molecule has 0 fully saturated rings. The number of phenols is 1. The second kappa shape index (κ2) is 6.24. The summed E-state index contributed by atoms with van der Waals surface area (Å²) in [5, 5.41) is 20.8. The Hall–Kier alpha value is -3.41. The zero-order valence-electron chi connectivity index (χ0n) is 13.4. The van der Waals surface area contributed by atoms with Gasteiger partial charge in [0.2, 0.25) is 0 Å². The maximum atomic E-state index is 12.4. The highest BCUT2D eigenvalue weighted by Gasteiger charge is 2.24. The molecule has 1 aliphatic rings. The summed E-state index contributed by atoms with van der Waals surface area (Å²) in [5.74, 6) is -0.240. The zero-order valence-corrected chi connectivity index (χ0v) is 13.4. The number of aryl methyl sites for hydroxylation is 1. The van der Waals surface area contributed by atoms with Gasteiger partial charge in [-0.05, 0) is 30.5 Å². The molecule has 1 amide bonds. The van der Waals surface area contributed by atoms with Crippen LogP contribution in [0, 0.1) is 0 Å². The van der Waals surface area contributed by atoms with Gasteiger partial charge in [-0.2, -0.15) is 10.2 Å². The average molecular weight is 332 g/mol. The van der Waals surface area contributed by atoms with Gasteiger partial charge in [0.05, 0.1) is 11.9 Å². The number of aromatic amines is 1. The normalized spacial score (nSPS) is 12.6. The van der Waals surface area contributed by atoms with Gasteiger partial charge in [-0.3, -0.25) is 9.89 Å². The summed E-state index contributed by atoms with van der Waals surface area (Å²) in [5.41, 5.74) is 7.49. The second-order valence-corrected chi connectivity index (χ2v) is 5.84. The van der Waals surface area contributed by atoms with Crippen molar-refractivity contribution in [2.75, 3.05) is 0 Å². The Kier molecular flexibility index (Phi) is 3.78. The van der Waals surface area contributed by atoms with Gasteiger partial charge < -0.3 is 5.11 Å². The Morgan fingerprint density at radius 3 is 2.84 bits per heavy atom. The number of nitrogens with one attached hydrogen (secondary N) is 2. The summed E-state index contributed by atoms with van der Waals surface area (Å²) >= 11 is 0. The molecule has 1 heterocycles. The molecule has 0 saturated heterocycles. The first-order valence-electron chi connectivity index (χ1n) is 8.01. The topological polar surface area (TPSA) is 90.4 Å². The maximum absolute atomic E-state index is 12.4. The van der Waals surface area contributed by atoms with Gasteiger partial charge in [0.15, 0.2) is 0 Å². The number of phenolic OH excluding ortho intramolecular Hbond substituents is 1. The molecule has 1 aromatic heterocycles. The zero-order chi connectivity index (χ0) is 17.2. The molecule has 1 aliphatic carbocycles. The molecule has 6 nitrogen and oxygen atoms in total. The summed E-state index contributed by atoms with van der Waals surface area (Å²) in [6.07, 6.45) is 3.05. The Bertz CT molecular complexity index is 975. The number of nitrogens with zero attached hydrogens (tertiary/aromatic N) is 2. The number of aromatic hydroxyl groups is 1. The van der Waals surface area contributed by atoms with Crippen LogP contribution in [0.3, 0.4) is 0 Å². The minimum atomic E-state index is -0.347. The molecule has 0 unspecified atom stereocenters. The van der Waals surface area contributed by atoms with E-state index in [0.717, 1.165) is 29.7 Å². The van der Waals surface area contributed by atoms with E-state index in [2.05, 4.69) is 26.8 Å². The van der Waals surface area contributed by atoms with E-state index >= 15 is 0 Å². The summed E-state index contributed by atoms with van der Waals surface area (Å²) in [6, 6.07) is 14.9. The van der Waals surface area contributed by atoms with E-state index < -0.39 is 0 Å². The first-order chi connectivity index (χ1) is 12.2. The number of H-pyrrole nitrogens is 1. The molecular formula is C19H16N4O2. The van der Waals surface area contributed by atoms with Crippen molar-refractivity contribution in [2.45, 2.75) is 12.8 Å². The molecule has 0 radical (unpaired) electrons. The lowest BCUT2D eigenvalue weighted by Gasteiger charge is -2.15. The third-order valence-electron chi connectivity index (χ3n) is 4.32. The van der Waals surface area contributed by atoms with Crippen LogP contribution in [0.5, 0.6) is 5.75 Å². The molecule has 3 aromatic rings. The van der Waals surface area contributed by atoms with Gasteiger partial charge in [-0.1, -0.05) is 36.4 Å². The van der Waals surface area contributed by atoms with Crippen LogP contribution in [0.2, 0.25) is 0 Å². The number of hydrogen-bond acceptors (Lipinski definition) is 4. The molecule has 3 N–H and O–H groups in total. The lowest BCUT2D eigenvalue weighted by molar-refractivity contribution is 0.0949. The lowest BCUT2D eigenvalue weighted by atomic mass is 9.89. The first-order valence-corrected chi connectivity index (χ1v) is 8.01. The van der Waals surface area contributed by atoms with Crippen molar-refractivity contribution in [3.63, 3.8) is 0 Å². The van der Waals surface area contributed by atoms with Crippen molar-refractivity contribution in [2.24, 2.45) is 5.10 Å². The van der Waals surface area contributed by atoms with Crippen molar-refractivity contribution < 1.29 is 9.90 Å². The van der Waals surface area contributed by atoms with E-state index in [-0.39, 0.29) is 11.7 Å². The lowest BCUT2D eigenvalue weighted by Crippen LogP contribution is -2.20. The molecule has 0 atom stereocenters. The molecule has 25 heavy (non-hydrogen) atoms. The van der Waals surface area contributed by atoms with Crippen molar-refractivity contribution >= 4 is 12.1 Å². The Morgan fingerprint density at radius 2 is 1.96 bits per heavy atom. The predicted octanol–water partition coefficient (Wildman–Crippen LogP) is 2.64. The number of carbonyl (C=O) groups excluding carboxylic acids is 1. The minimum Gasteiger partial charge on any atom is -0.507 e. The van der Waals surface area contributed by atoms with Gasteiger partial charge >= 0.3 is 0 Å². The fraction of sp³-hybridized carbons (Fsp3) is 0.105. The van der Waals surface area contributed by atoms with Gasteiger partial charge in [0, 0.05) is 16.7 Å². The number of carbonyl (C=O) groups is 1. The van der Waals surface area contributed by atoms with Crippen LogP contribution in [-0.2, 0) is 12.8 Å². The number of hydrogen-bond donors (Lipinski definition) is 3. The largest absolute Gasteiger partial charge is 0.507 e. The van der Waals surface area contributed by atoms with Crippen LogP contribution in [-0.4, -0.2) is 27.4 Å². The van der Waals surface area contributed by atoms with E-state index in [9.17, 15) is 9.90 Å². The fourth-order valence-corrected chi connectivity index (χ4v) is 3.06. The third-order valence-corrected chi connectivity index (χ3v) is 4.32. The Morgan fingerprint density at radius 1 is 1.16 bits per heavy atom. The highest BCUT2D eigenvalue weighted by atomic mass is 16.3. The number of aromatic nitrogens is 2. The number of para-hydroxylation sites is 1. The molecule has 0 bridgehead atoms. The Labute approximate surface area is 144 Å². The number of fused-ring (bicyclic) bond motifs is 3. The molecule has 0 aliphatic heterocycles. The predicted molar refractivity (Wildman–Crippen MR) is 94.6 cm³/mol. The van der Waals surface area contributed by atoms with Crippen molar-refractivity contribution in [1.82, 2.24) is 15.6 Å². The van der Waals surface area contributed by atoms with Crippen molar-refractivity contribution in [3.8, 4) is 17.0 Å². The number of benzene rings is 2. The monoisotopic (exact) mass is 332 g/mol. The highest BCUT2D eigenvalue weighted by Crippen LogP contribution is 2.33. The van der Waals surface area contributed by atoms with Gasteiger partial charge in [0.1, 0.15) is 11.4 Å². The van der Waals surface area contributed by atoms with Crippen LogP contribution >= 0.6 is 0 Å². The summed E-state index contributed by atoms with van der Waals surface area (Å²) in [4.78, 5) is 12.4. The van der Waals surface area contributed by atoms with Crippen LogP contribution in [0.1, 0.15) is 27.2 Å². The molecule has 4 rings (SSSR count). The van der Waals surface area contributed by atoms with E-state index in [1.807, 2.05) is 18.2 Å². The highest BCUT2D eigenvalue weighted by molar-refractivity contribution is 5.96. The SMILES string of the molecule is O=C(N/N=C/c1ccccc1O)c1[nH]nc2c1CCc1ccccc1-2. The van der Waals surface area contributed by atoms with Crippen LogP contribution in [0.4, 0.5) is 0 Å². The number of rotatable bonds is 3. The van der Waals surface area contributed by atoms with Gasteiger partial charge in [0.25, 0.3) is 5.91 Å². The molecule has 2 aromatic carbocycles. The summed E-state index contributed by atoms with van der Waals surface area (Å²) in [7, 11) is 0. The Balaban J connectivity index is 1.55. The molecular weight excluding hydrogens is 316 g/mol. The summed E-state index contributed by atoms with van der Waals surface area (Å²) in [6.45, 7) is 0. The minimum absolute atomic E-state index is 0.107.